The van der Waals surface area contributed by atoms with E-state index in [9.17, 15) is 8.78 Å². The number of nitrogens with zero attached hydrogens (tertiary/aromatic N) is 3. The summed E-state index contributed by atoms with van der Waals surface area (Å²) in [4.78, 5) is 9.07. The third-order valence-electron chi connectivity index (χ3n) is 4.57. The minimum absolute atomic E-state index is 0.0938. The van der Waals surface area contributed by atoms with Crippen LogP contribution in [-0.4, -0.2) is 10.7 Å². The van der Waals surface area contributed by atoms with Crippen molar-refractivity contribution in [2.75, 3.05) is 0 Å². The first kappa shape index (κ1) is 18.7. The van der Waals surface area contributed by atoms with Crippen molar-refractivity contribution in [2.45, 2.75) is 13.0 Å². The monoisotopic (exact) mass is 416 g/mol. The lowest BCUT2D eigenvalue weighted by Crippen LogP contribution is -2.38. The van der Waals surface area contributed by atoms with E-state index in [2.05, 4.69) is 16.6 Å². The van der Waals surface area contributed by atoms with Gasteiger partial charge in [-0.25, -0.2) is 8.78 Å². The second-order valence-corrected chi connectivity index (χ2v) is 7.11. The molecule has 0 radical (unpaired) electrons. The van der Waals surface area contributed by atoms with Gasteiger partial charge in [-0.2, -0.15) is 4.57 Å². The zero-order valence-electron chi connectivity index (χ0n) is 14.8. The Kier molecular flexibility index (Phi) is 4.73. The van der Waals surface area contributed by atoms with Gasteiger partial charge >= 0.3 is 5.82 Å². The molecule has 3 nitrogen and oxygen atoms in total. The normalized spacial score (nSPS) is 15.3. The highest BCUT2D eigenvalue weighted by molar-refractivity contribution is 6.45. The third-order valence-corrected chi connectivity index (χ3v) is 5.38. The summed E-state index contributed by atoms with van der Waals surface area (Å²) in [5.74, 6) is -0.871. The molecular weight excluding hydrogens is 403 g/mol. The molecule has 4 rings (SSSR count). The smallest absolute Gasteiger partial charge is 0.268 e. The standard InChI is InChI=1S/C21H14Cl2F2N3/c1-3-12-9-26-21-11(2)27-20(17-14(24)5-4-6-15(17)25)18-16(28(21)10-12)8-7-13(22)19(18)23/h3-11H,1H2,2H3/q+1/t11-/m0/s1. The van der Waals surface area contributed by atoms with Gasteiger partial charge in [0.05, 0.1) is 32.4 Å². The van der Waals surface area contributed by atoms with Gasteiger partial charge in [-0.15, -0.1) is 0 Å². The van der Waals surface area contributed by atoms with Crippen LogP contribution in [0.1, 0.15) is 35.5 Å². The summed E-state index contributed by atoms with van der Waals surface area (Å²) in [5, 5.41) is 0.423. The van der Waals surface area contributed by atoms with Crippen molar-refractivity contribution in [3.05, 3.63) is 93.5 Å². The first-order valence-corrected chi connectivity index (χ1v) is 9.23. The van der Waals surface area contributed by atoms with Gasteiger partial charge < -0.3 is 0 Å². The van der Waals surface area contributed by atoms with E-state index in [1.54, 1.807) is 35.9 Å². The second-order valence-electron chi connectivity index (χ2n) is 6.33. The highest BCUT2D eigenvalue weighted by atomic mass is 35.5. The maximum atomic E-state index is 14.6. The minimum atomic E-state index is -0.733. The molecule has 1 atom stereocenters. The van der Waals surface area contributed by atoms with E-state index in [0.717, 1.165) is 5.56 Å². The zero-order chi connectivity index (χ0) is 20.0. The number of rotatable bonds is 2. The lowest BCUT2D eigenvalue weighted by molar-refractivity contribution is -0.609. The molecule has 0 saturated carbocycles. The number of halogens is 4. The van der Waals surface area contributed by atoms with Gasteiger partial charge in [0.1, 0.15) is 23.5 Å². The number of benzene rings is 2. The largest absolute Gasteiger partial charge is 0.327 e. The Morgan fingerprint density at radius 3 is 2.50 bits per heavy atom. The lowest BCUT2D eigenvalue weighted by atomic mass is 9.99. The van der Waals surface area contributed by atoms with Crippen LogP contribution in [0.2, 0.25) is 10.0 Å². The van der Waals surface area contributed by atoms with Crippen LogP contribution < -0.4 is 4.57 Å². The zero-order valence-corrected chi connectivity index (χ0v) is 16.3. The summed E-state index contributed by atoms with van der Waals surface area (Å²) in [7, 11) is 0. The summed E-state index contributed by atoms with van der Waals surface area (Å²) in [6.07, 6.45) is 5.15. The maximum absolute atomic E-state index is 14.6. The molecular formula is C21H14Cl2F2N3+. The van der Waals surface area contributed by atoms with E-state index in [0.29, 0.717) is 17.1 Å². The van der Waals surface area contributed by atoms with Crippen LogP contribution in [0.15, 0.2) is 54.3 Å². The molecule has 2 aromatic carbocycles. The van der Waals surface area contributed by atoms with Crippen LogP contribution in [0.4, 0.5) is 8.78 Å². The van der Waals surface area contributed by atoms with Gasteiger partial charge in [0.15, 0.2) is 12.2 Å². The molecule has 0 N–H and O–H groups in total. The highest BCUT2D eigenvalue weighted by Gasteiger charge is 2.33. The topological polar surface area (TPSA) is 29.1 Å². The number of fused-ring (bicyclic) bond motifs is 3. The maximum Gasteiger partial charge on any atom is 0.327 e. The van der Waals surface area contributed by atoms with E-state index < -0.39 is 17.7 Å². The first-order chi connectivity index (χ1) is 13.4. The van der Waals surface area contributed by atoms with Gasteiger partial charge in [0, 0.05) is 0 Å². The number of aromatic nitrogens is 2. The summed E-state index contributed by atoms with van der Waals surface area (Å²) < 4.78 is 31.1. The summed E-state index contributed by atoms with van der Waals surface area (Å²) in [5.41, 5.74) is 1.53. The second kappa shape index (κ2) is 7.08. The van der Waals surface area contributed by atoms with Crippen LogP contribution in [0, 0.1) is 11.6 Å². The molecule has 0 aliphatic carbocycles. The van der Waals surface area contributed by atoms with Gasteiger partial charge in [-0.3, -0.25) is 4.99 Å². The SMILES string of the molecule is C=Cc1cnc2[n+](c1)-c1ccc(Cl)c(Cl)c1C(c1c(F)cccc1F)=N[C@H]2C. The van der Waals surface area contributed by atoms with Gasteiger partial charge in [-0.05, 0) is 31.2 Å². The van der Waals surface area contributed by atoms with Crippen molar-refractivity contribution in [3.8, 4) is 5.69 Å². The van der Waals surface area contributed by atoms with Crippen molar-refractivity contribution in [3.63, 3.8) is 0 Å². The molecule has 2 heterocycles. The van der Waals surface area contributed by atoms with Gasteiger partial charge in [0.2, 0.25) is 0 Å². The van der Waals surface area contributed by atoms with E-state index in [1.165, 1.54) is 18.2 Å². The predicted octanol–water partition coefficient (Wildman–Crippen LogP) is 5.50. The Hall–Kier alpha value is -2.63. The van der Waals surface area contributed by atoms with Crippen LogP contribution in [0.5, 0.6) is 0 Å². The van der Waals surface area contributed by atoms with E-state index in [4.69, 9.17) is 23.2 Å². The Morgan fingerprint density at radius 1 is 1.11 bits per heavy atom. The number of hydrogen-bond acceptors (Lipinski definition) is 2. The first-order valence-electron chi connectivity index (χ1n) is 8.47. The summed E-state index contributed by atoms with van der Waals surface area (Å²) in [6.45, 7) is 5.57. The fraction of sp³-hybridized carbons (Fsp3) is 0.0952. The molecule has 1 aliphatic rings. The fourth-order valence-corrected chi connectivity index (χ4v) is 3.66. The fourth-order valence-electron chi connectivity index (χ4n) is 3.25. The number of hydrogen-bond donors (Lipinski definition) is 0. The average molecular weight is 417 g/mol. The predicted molar refractivity (Wildman–Crippen MR) is 106 cm³/mol. The Balaban J connectivity index is 2.14. The van der Waals surface area contributed by atoms with E-state index in [-0.39, 0.29) is 21.3 Å². The molecule has 0 unspecified atom stereocenters. The Labute approximate surface area is 170 Å². The minimum Gasteiger partial charge on any atom is -0.268 e. The van der Waals surface area contributed by atoms with Crippen LogP contribution in [0.25, 0.3) is 11.8 Å². The molecule has 0 saturated heterocycles. The van der Waals surface area contributed by atoms with Crippen molar-refractivity contribution < 1.29 is 13.3 Å². The van der Waals surface area contributed by atoms with Crippen molar-refractivity contribution >= 4 is 35.0 Å². The third kappa shape index (κ3) is 2.91. The molecule has 3 aromatic rings. The summed E-state index contributed by atoms with van der Waals surface area (Å²) >= 11 is 12.7. The molecule has 7 heteroatoms. The van der Waals surface area contributed by atoms with E-state index >= 15 is 0 Å². The molecule has 1 aromatic heterocycles. The van der Waals surface area contributed by atoms with Gasteiger partial charge in [-0.1, -0.05) is 46.9 Å². The van der Waals surface area contributed by atoms with Crippen molar-refractivity contribution in [2.24, 2.45) is 4.99 Å². The van der Waals surface area contributed by atoms with Crippen molar-refractivity contribution in [1.29, 1.82) is 0 Å². The van der Waals surface area contributed by atoms with Crippen LogP contribution >= 0.6 is 23.2 Å². The molecule has 0 spiro atoms. The number of aliphatic imine (C=N–C) groups is 1. The molecule has 0 amide bonds. The summed E-state index contributed by atoms with van der Waals surface area (Å²) in [6, 6.07) is 6.54. The quantitative estimate of drug-likeness (QED) is 0.507. The highest BCUT2D eigenvalue weighted by Crippen LogP contribution is 2.35. The van der Waals surface area contributed by atoms with E-state index in [1.807, 2.05) is 6.20 Å². The molecule has 140 valence electrons. The molecule has 0 bridgehead atoms. The molecule has 1 aliphatic heterocycles. The Morgan fingerprint density at radius 2 is 1.82 bits per heavy atom. The Bertz CT molecular complexity index is 1140. The average Bonchev–Trinajstić information content (AvgIpc) is 2.79. The van der Waals surface area contributed by atoms with Gasteiger partial charge in [0.25, 0.3) is 0 Å². The van der Waals surface area contributed by atoms with Crippen molar-refractivity contribution in [1.82, 2.24) is 4.98 Å². The van der Waals surface area contributed by atoms with Crippen LogP contribution in [0.3, 0.4) is 0 Å². The lowest BCUT2D eigenvalue weighted by Gasteiger charge is -2.13. The molecule has 28 heavy (non-hydrogen) atoms. The van der Waals surface area contributed by atoms with Crippen LogP contribution in [-0.2, 0) is 0 Å². The molecule has 0 fully saturated rings.